The zero-order valence-electron chi connectivity index (χ0n) is 6.92. The second-order valence-corrected chi connectivity index (χ2v) is 4.50. The first-order chi connectivity index (χ1) is 5.85. The topological polar surface area (TPSA) is 23.8 Å². The van der Waals surface area contributed by atoms with E-state index in [9.17, 15) is 0 Å². The summed E-state index contributed by atoms with van der Waals surface area (Å²) < 4.78 is 0. The van der Waals surface area contributed by atoms with Crippen molar-refractivity contribution in [1.29, 1.82) is 5.26 Å². The smallest absolute Gasteiger partial charge is 0.0689 e. The molecule has 0 bridgehead atoms. The van der Waals surface area contributed by atoms with Crippen molar-refractivity contribution in [2.75, 3.05) is 0 Å². The Morgan fingerprint density at radius 2 is 2.42 bits per heavy atom. The van der Waals surface area contributed by atoms with Crippen LogP contribution in [0, 0.1) is 16.7 Å². The summed E-state index contributed by atoms with van der Waals surface area (Å²) in [5.41, 5.74) is 0.0734. The fourth-order valence-electron chi connectivity index (χ4n) is 1.39. The van der Waals surface area contributed by atoms with E-state index in [2.05, 4.69) is 23.6 Å². The molecule has 1 heterocycles. The third kappa shape index (κ3) is 1.51. The van der Waals surface area contributed by atoms with Gasteiger partial charge in [0.15, 0.2) is 0 Å². The molecule has 62 valence electrons. The average molecular weight is 177 g/mol. The SMILES string of the molecule is N#CC1(CCc2cccs2)CC1. The van der Waals surface area contributed by atoms with Gasteiger partial charge in [-0.3, -0.25) is 0 Å². The molecule has 0 spiro atoms. The molecule has 1 aliphatic rings. The van der Waals surface area contributed by atoms with Crippen LogP contribution in [0.15, 0.2) is 17.5 Å². The minimum Gasteiger partial charge on any atom is -0.198 e. The van der Waals surface area contributed by atoms with E-state index >= 15 is 0 Å². The quantitative estimate of drug-likeness (QED) is 0.696. The van der Waals surface area contributed by atoms with E-state index in [1.54, 1.807) is 11.3 Å². The van der Waals surface area contributed by atoms with Crippen LogP contribution in [0.2, 0.25) is 0 Å². The maximum absolute atomic E-state index is 8.84. The Labute approximate surface area is 76.6 Å². The van der Waals surface area contributed by atoms with Crippen molar-refractivity contribution < 1.29 is 0 Å². The molecule has 0 aliphatic heterocycles. The first kappa shape index (κ1) is 7.82. The molecule has 1 aromatic rings. The Kier molecular flexibility index (Phi) is 1.90. The van der Waals surface area contributed by atoms with Gasteiger partial charge in [-0.15, -0.1) is 11.3 Å². The van der Waals surface area contributed by atoms with Gasteiger partial charge < -0.3 is 0 Å². The molecular formula is C10H11NS. The van der Waals surface area contributed by atoms with Crippen LogP contribution in [0.5, 0.6) is 0 Å². The van der Waals surface area contributed by atoms with Crippen LogP contribution in [0.3, 0.4) is 0 Å². The van der Waals surface area contributed by atoms with Crippen molar-refractivity contribution in [1.82, 2.24) is 0 Å². The summed E-state index contributed by atoms with van der Waals surface area (Å²) >= 11 is 1.79. The summed E-state index contributed by atoms with van der Waals surface area (Å²) in [4.78, 5) is 1.41. The summed E-state index contributed by atoms with van der Waals surface area (Å²) in [6.07, 6.45) is 4.39. The highest BCUT2D eigenvalue weighted by Gasteiger charge is 2.42. The van der Waals surface area contributed by atoms with Crippen molar-refractivity contribution in [2.45, 2.75) is 25.7 Å². The molecule has 1 saturated carbocycles. The standard InChI is InChI=1S/C10H11NS/c11-8-10(5-6-10)4-3-9-2-1-7-12-9/h1-2,7H,3-6H2. The molecule has 0 radical (unpaired) electrons. The van der Waals surface area contributed by atoms with Crippen molar-refractivity contribution in [3.63, 3.8) is 0 Å². The van der Waals surface area contributed by atoms with E-state index in [1.165, 1.54) is 4.88 Å². The molecule has 0 atom stereocenters. The molecule has 0 aromatic carbocycles. The van der Waals surface area contributed by atoms with Gasteiger partial charge in [-0.2, -0.15) is 5.26 Å². The predicted molar refractivity (Wildman–Crippen MR) is 49.9 cm³/mol. The van der Waals surface area contributed by atoms with Crippen LogP contribution in [0.25, 0.3) is 0 Å². The number of rotatable bonds is 3. The molecule has 1 aliphatic carbocycles. The molecule has 1 aromatic heterocycles. The fourth-order valence-corrected chi connectivity index (χ4v) is 2.09. The summed E-state index contributed by atoms with van der Waals surface area (Å²) in [6.45, 7) is 0. The molecule has 1 fully saturated rings. The van der Waals surface area contributed by atoms with E-state index in [0.717, 1.165) is 25.7 Å². The van der Waals surface area contributed by atoms with Gasteiger partial charge in [0.05, 0.1) is 11.5 Å². The van der Waals surface area contributed by atoms with Crippen molar-refractivity contribution in [3.05, 3.63) is 22.4 Å². The van der Waals surface area contributed by atoms with Gasteiger partial charge in [0, 0.05) is 4.88 Å². The second kappa shape index (κ2) is 2.91. The van der Waals surface area contributed by atoms with Crippen molar-refractivity contribution in [3.8, 4) is 6.07 Å². The van der Waals surface area contributed by atoms with Crippen LogP contribution in [0.4, 0.5) is 0 Å². The van der Waals surface area contributed by atoms with Crippen LogP contribution < -0.4 is 0 Å². The van der Waals surface area contributed by atoms with E-state index in [1.807, 2.05) is 0 Å². The molecule has 0 saturated heterocycles. The predicted octanol–water partition coefficient (Wildman–Crippen LogP) is 2.98. The lowest BCUT2D eigenvalue weighted by molar-refractivity contribution is 0.601. The van der Waals surface area contributed by atoms with Gasteiger partial charge in [-0.1, -0.05) is 6.07 Å². The highest BCUT2D eigenvalue weighted by atomic mass is 32.1. The Morgan fingerprint density at radius 3 is 2.92 bits per heavy atom. The molecule has 1 nitrogen and oxygen atoms in total. The van der Waals surface area contributed by atoms with E-state index < -0.39 is 0 Å². The summed E-state index contributed by atoms with van der Waals surface area (Å²) in [6, 6.07) is 6.65. The van der Waals surface area contributed by atoms with Crippen LogP contribution in [-0.2, 0) is 6.42 Å². The van der Waals surface area contributed by atoms with Gasteiger partial charge in [0.2, 0.25) is 0 Å². The zero-order valence-corrected chi connectivity index (χ0v) is 7.73. The number of aryl methyl sites for hydroxylation is 1. The Morgan fingerprint density at radius 1 is 1.58 bits per heavy atom. The van der Waals surface area contributed by atoms with E-state index in [4.69, 9.17) is 5.26 Å². The highest BCUT2D eigenvalue weighted by Crippen LogP contribution is 2.48. The zero-order chi connectivity index (χ0) is 8.44. The number of hydrogen-bond acceptors (Lipinski definition) is 2. The lowest BCUT2D eigenvalue weighted by atomic mass is 10.0. The van der Waals surface area contributed by atoms with E-state index in [0.29, 0.717) is 0 Å². The summed E-state index contributed by atoms with van der Waals surface area (Å²) in [5, 5.41) is 10.9. The summed E-state index contributed by atoms with van der Waals surface area (Å²) in [5.74, 6) is 0. The van der Waals surface area contributed by atoms with Gasteiger partial charge in [-0.25, -0.2) is 0 Å². The number of nitrogens with zero attached hydrogens (tertiary/aromatic N) is 1. The average Bonchev–Trinajstić information content (AvgIpc) is 2.70. The van der Waals surface area contributed by atoms with Crippen LogP contribution in [-0.4, -0.2) is 0 Å². The largest absolute Gasteiger partial charge is 0.198 e. The Balaban J connectivity index is 1.88. The maximum Gasteiger partial charge on any atom is 0.0689 e. The monoisotopic (exact) mass is 177 g/mol. The summed E-state index contributed by atoms with van der Waals surface area (Å²) in [7, 11) is 0. The van der Waals surface area contributed by atoms with Crippen LogP contribution >= 0.6 is 11.3 Å². The normalized spacial score (nSPS) is 18.6. The van der Waals surface area contributed by atoms with Gasteiger partial charge in [-0.05, 0) is 37.1 Å². The molecule has 2 heteroatoms. The third-order valence-corrected chi connectivity index (χ3v) is 3.46. The first-order valence-corrected chi connectivity index (χ1v) is 5.16. The van der Waals surface area contributed by atoms with Gasteiger partial charge in [0.1, 0.15) is 0 Å². The van der Waals surface area contributed by atoms with Crippen molar-refractivity contribution in [2.24, 2.45) is 5.41 Å². The maximum atomic E-state index is 8.84. The number of hydrogen-bond donors (Lipinski definition) is 0. The highest BCUT2D eigenvalue weighted by molar-refractivity contribution is 7.09. The molecule has 0 N–H and O–H groups in total. The third-order valence-electron chi connectivity index (χ3n) is 2.52. The first-order valence-electron chi connectivity index (χ1n) is 4.28. The van der Waals surface area contributed by atoms with Gasteiger partial charge >= 0.3 is 0 Å². The molecule has 0 amide bonds. The minimum atomic E-state index is 0.0734. The number of thiophene rings is 1. The van der Waals surface area contributed by atoms with E-state index in [-0.39, 0.29) is 5.41 Å². The second-order valence-electron chi connectivity index (χ2n) is 3.47. The molecule has 2 rings (SSSR count). The molecular weight excluding hydrogens is 166 g/mol. The molecule has 12 heavy (non-hydrogen) atoms. The lowest BCUT2D eigenvalue weighted by Crippen LogP contribution is -1.97. The Hall–Kier alpha value is -0.810. The van der Waals surface area contributed by atoms with Gasteiger partial charge in [0.25, 0.3) is 0 Å². The molecule has 0 unspecified atom stereocenters. The minimum absolute atomic E-state index is 0.0734. The number of nitriles is 1. The van der Waals surface area contributed by atoms with Crippen LogP contribution in [0.1, 0.15) is 24.1 Å². The Bertz CT molecular complexity index is 290. The fraction of sp³-hybridized carbons (Fsp3) is 0.500. The van der Waals surface area contributed by atoms with Crippen molar-refractivity contribution >= 4 is 11.3 Å². The lowest BCUT2D eigenvalue weighted by Gasteiger charge is -2.01.